The van der Waals surface area contributed by atoms with E-state index >= 15 is 0 Å². The number of hydrogen-bond acceptors (Lipinski definition) is 5. The maximum atomic E-state index is 14.7. The molecule has 3 aromatic rings. The van der Waals surface area contributed by atoms with E-state index < -0.39 is 62.9 Å². The lowest BCUT2D eigenvalue weighted by atomic mass is 9.79. The van der Waals surface area contributed by atoms with Gasteiger partial charge in [-0.05, 0) is 28.5 Å². The Kier molecular flexibility index (Phi) is 6.87. The number of rotatable bonds is 3. The van der Waals surface area contributed by atoms with Crippen molar-refractivity contribution in [2.24, 2.45) is 5.16 Å². The van der Waals surface area contributed by atoms with Crippen LogP contribution in [0.5, 0.6) is 0 Å². The Balaban J connectivity index is 2.48. The van der Waals surface area contributed by atoms with Crippen molar-refractivity contribution in [1.29, 1.82) is 0 Å². The average molecular weight is 509 g/mol. The first-order valence-electron chi connectivity index (χ1n) is 10.9. The largest absolute Gasteiger partial charge is 0.422 e. The van der Waals surface area contributed by atoms with Gasteiger partial charge in [0, 0.05) is 17.9 Å². The first kappa shape index (κ1) is 27.0. The van der Waals surface area contributed by atoms with Crippen LogP contribution in [-0.4, -0.2) is 11.7 Å². The molecule has 0 amide bonds. The smallest absolute Gasteiger partial charge is 0.345 e. The van der Waals surface area contributed by atoms with E-state index in [-0.39, 0.29) is 11.0 Å². The maximum absolute atomic E-state index is 14.7. The van der Waals surface area contributed by atoms with Crippen molar-refractivity contribution >= 4 is 22.7 Å². The highest BCUT2D eigenvalue weighted by Gasteiger charge is 2.32. The summed E-state index contributed by atoms with van der Waals surface area (Å²) in [7, 11) is 0. The topological polar surface area (TPSA) is 68.9 Å². The number of oxime groups is 1. The number of halogens is 5. The fourth-order valence-electron chi connectivity index (χ4n) is 3.54. The Labute approximate surface area is 203 Å². The van der Waals surface area contributed by atoms with E-state index in [0.717, 1.165) is 18.6 Å². The SMILES string of the molecule is CC(=O)O/N=C(\c1c(F)c(F)c(F)c(F)c1F)c1cc2cc(C(C)(C)C)cc(C(C)(C)C)c2oc1=O. The Morgan fingerprint density at radius 3 is 1.83 bits per heavy atom. The molecule has 1 aromatic heterocycles. The van der Waals surface area contributed by atoms with E-state index in [4.69, 9.17) is 4.42 Å². The monoisotopic (exact) mass is 509 g/mol. The zero-order valence-corrected chi connectivity index (χ0v) is 20.7. The first-order valence-corrected chi connectivity index (χ1v) is 10.9. The third kappa shape index (κ3) is 4.89. The third-order valence-corrected chi connectivity index (χ3v) is 5.47. The van der Waals surface area contributed by atoms with Crippen LogP contribution in [0, 0.1) is 29.1 Å². The third-order valence-electron chi connectivity index (χ3n) is 5.47. The van der Waals surface area contributed by atoms with Crippen molar-refractivity contribution in [3.8, 4) is 0 Å². The maximum Gasteiger partial charge on any atom is 0.345 e. The molecular formula is C26H24F5NO4. The van der Waals surface area contributed by atoms with Gasteiger partial charge >= 0.3 is 11.6 Å². The molecule has 0 spiro atoms. The van der Waals surface area contributed by atoms with Crippen molar-refractivity contribution in [3.63, 3.8) is 0 Å². The van der Waals surface area contributed by atoms with Crippen LogP contribution in [0.15, 0.2) is 32.6 Å². The second-order valence-corrected chi connectivity index (χ2v) is 10.4. The van der Waals surface area contributed by atoms with E-state index in [1.54, 1.807) is 6.07 Å². The quantitative estimate of drug-likeness (QED) is 0.0780. The number of fused-ring (bicyclic) bond motifs is 1. The van der Waals surface area contributed by atoms with Gasteiger partial charge in [0.1, 0.15) is 11.3 Å². The van der Waals surface area contributed by atoms with Crippen LogP contribution >= 0.6 is 0 Å². The van der Waals surface area contributed by atoms with Crippen LogP contribution in [0.2, 0.25) is 0 Å². The Morgan fingerprint density at radius 1 is 0.833 bits per heavy atom. The molecule has 36 heavy (non-hydrogen) atoms. The van der Waals surface area contributed by atoms with Gasteiger partial charge < -0.3 is 9.25 Å². The second-order valence-electron chi connectivity index (χ2n) is 10.4. The van der Waals surface area contributed by atoms with Gasteiger partial charge in [0.15, 0.2) is 23.3 Å². The van der Waals surface area contributed by atoms with Crippen LogP contribution in [0.1, 0.15) is 70.7 Å². The highest BCUT2D eigenvalue weighted by atomic mass is 19.2. The molecule has 0 fully saturated rings. The van der Waals surface area contributed by atoms with Gasteiger partial charge in [0.05, 0.1) is 11.1 Å². The number of benzene rings is 2. The number of nitrogens with zero attached hydrogens (tertiary/aromatic N) is 1. The molecule has 1 heterocycles. The summed E-state index contributed by atoms with van der Waals surface area (Å²) in [6.07, 6.45) is 0. The van der Waals surface area contributed by atoms with Crippen LogP contribution in [0.4, 0.5) is 22.0 Å². The molecule has 0 saturated heterocycles. The standard InChI is InChI=1S/C26H24F5NO4/c1-11(33)36-32-22(16-17(27)19(29)21(31)20(30)18(16)28)14-9-12-8-13(25(2,3)4)10-15(26(5,6)7)23(12)35-24(14)34/h8-10H,1-7H3/b32-22-. The summed E-state index contributed by atoms with van der Waals surface area (Å²) < 4.78 is 76.4. The van der Waals surface area contributed by atoms with Crippen molar-refractivity contribution < 1.29 is 36.0 Å². The molecule has 10 heteroatoms. The summed E-state index contributed by atoms with van der Waals surface area (Å²) in [6, 6.07) is 4.72. The molecule has 0 aliphatic carbocycles. The highest BCUT2D eigenvalue weighted by molar-refractivity contribution is 6.14. The summed E-state index contributed by atoms with van der Waals surface area (Å²) in [5, 5.41) is 3.59. The number of carbonyl (C=O) groups is 1. The van der Waals surface area contributed by atoms with E-state index in [9.17, 15) is 31.5 Å². The van der Waals surface area contributed by atoms with Gasteiger partial charge in [0.2, 0.25) is 5.82 Å². The van der Waals surface area contributed by atoms with Crippen LogP contribution in [0.3, 0.4) is 0 Å². The highest BCUT2D eigenvalue weighted by Crippen LogP contribution is 2.35. The van der Waals surface area contributed by atoms with E-state index in [2.05, 4.69) is 9.99 Å². The van der Waals surface area contributed by atoms with Gasteiger partial charge in [-0.15, -0.1) is 0 Å². The predicted octanol–water partition coefficient (Wildman–Crippen LogP) is 6.40. The summed E-state index contributed by atoms with van der Waals surface area (Å²) in [6.45, 7) is 12.4. The fraction of sp³-hybridized carbons (Fsp3) is 0.346. The van der Waals surface area contributed by atoms with Gasteiger partial charge in [-0.2, -0.15) is 0 Å². The van der Waals surface area contributed by atoms with Crippen LogP contribution < -0.4 is 5.63 Å². The Hall–Kier alpha value is -3.56. The lowest BCUT2D eigenvalue weighted by molar-refractivity contribution is -0.140. The summed E-state index contributed by atoms with van der Waals surface area (Å²) in [5.41, 5.74) is -3.68. The second kappa shape index (κ2) is 9.15. The van der Waals surface area contributed by atoms with Crippen molar-refractivity contribution in [1.82, 2.24) is 0 Å². The molecule has 0 atom stereocenters. The van der Waals surface area contributed by atoms with Crippen molar-refractivity contribution in [2.45, 2.75) is 59.3 Å². The van der Waals surface area contributed by atoms with Crippen molar-refractivity contribution in [2.75, 3.05) is 0 Å². The molecule has 0 bridgehead atoms. The minimum absolute atomic E-state index is 0.175. The Morgan fingerprint density at radius 2 is 1.36 bits per heavy atom. The fourth-order valence-corrected chi connectivity index (χ4v) is 3.54. The molecule has 0 unspecified atom stereocenters. The molecule has 0 saturated carbocycles. The minimum Gasteiger partial charge on any atom is -0.422 e. The zero-order valence-electron chi connectivity index (χ0n) is 20.7. The Bertz CT molecular complexity index is 1450. The molecule has 0 N–H and O–H groups in total. The summed E-state index contributed by atoms with van der Waals surface area (Å²) in [4.78, 5) is 28.8. The van der Waals surface area contributed by atoms with E-state index in [1.165, 1.54) is 0 Å². The first-order chi connectivity index (χ1) is 16.4. The van der Waals surface area contributed by atoms with Gasteiger partial charge in [-0.1, -0.05) is 52.8 Å². The lowest BCUT2D eigenvalue weighted by Gasteiger charge is -2.26. The van der Waals surface area contributed by atoms with Gasteiger partial charge in [0.25, 0.3) is 0 Å². The van der Waals surface area contributed by atoms with E-state index in [0.29, 0.717) is 10.9 Å². The summed E-state index contributed by atoms with van der Waals surface area (Å²) >= 11 is 0. The lowest BCUT2D eigenvalue weighted by Crippen LogP contribution is -2.22. The van der Waals surface area contributed by atoms with Crippen LogP contribution in [0.25, 0.3) is 11.0 Å². The molecule has 0 radical (unpaired) electrons. The zero-order chi connectivity index (χ0) is 27.3. The molecular weight excluding hydrogens is 485 g/mol. The van der Waals surface area contributed by atoms with Gasteiger partial charge in [-0.3, -0.25) is 0 Å². The predicted molar refractivity (Wildman–Crippen MR) is 124 cm³/mol. The van der Waals surface area contributed by atoms with Crippen LogP contribution in [-0.2, 0) is 20.5 Å². The molecule has 3 rings (SSSR count). The summed E-state index contributed by atoms with van der Waals surface area (Å²) in [5.74, 6) is -12.5. The normalized spacial score (nSPS) is 12.8. The van der Waals surface area contributed by atoms with Crippen molar-refractivity contribution in [3.05, 3.63) is 80.0 Å². The molecule has 2 aromatic carbocycles. The number of carbonyl (C=O) groups excluding carboxylic acids is 1. The van der Waals surface area contributed by atoms with Gasteiger partial charge in [-0.25, -0.2) is 31.5 Å². The molecule has 0 aliphatic rings. The molecule has 0 aliphatic heterocycles. The number of hydrogen-bond donors (Lipinski definition) is 0. The minimum atomic E-state index is -2.39. The van der Waals surface area contributed by atoms with E-state index in [1.807, 2.05) is 47.6 Å². The molecule has 5 nitrogen and oxygen atoms in total. The average Bonchev–Trinajstić information content (AvgIpc) is 2.76. The molecule has 192 valence electrons.